The second-order valence-electron chi connectivity index (χ2n) is 4.32. The summed E-state index contributed by atoms with van der Waals surface area (Å²) in [5.41, 5.74) is 1.74. The molecule has 90 valence electrons. The van der Waals surface area contributed by atoms with Crippen LogP contribution in [0.25, 0.3) is 0 Å². The van der Waals surface area contributed by atoms with Crippen molar-refractivity contribution in [3.05, 3.63) is 65.5 Å². The number of benzene rings is 2. The zero-order chi connectivity index (χ0) is 12.5. The van der Waals surface area contributed by atoms with Gasteiger partial charge in [0.05, 0.1) is 6.42 Å². The second kappa shape index (κ2) is 4.26. The largest absolute Gasteiger partial charge is 0.426 e. The lowest BCUT2D eigenvalue weighted by atomic mass is 9.86. The Morgan fingerprint density at radius 2 is 1.89 bits per heavy atom. The van der Waals surface area contributed by atoms with Crippen molar-refractivity contribution in [2.24, 2.45) is 0 Å². The molecule has 0 aliphatic carbocycles. The molecule has 2 nitrogen and oxygen atoms in total. The number of fused-ring (bicyclic) bond motifs is 1. The smallest absolute Gasteiger partial charge is 0.312 e. The van der Waals surface area contributed by atoms with Gasteiger partial charge >= 0.3 is 5.97 Å². The molecule has 1 unspecified atom stereocenters. The van der Waals surface area contributed by atoms with Crippen molar-refractivity contribution in [3.8, 4) is 5.75 Å². The van der Waals surface area contributed by atoms with E-state index in [1.807, 2.05) is 30.3 Å². The summed E-state index contributed by atoms with van der Waals surface area (Å²) in [6, 6.07) is 13.9. The van der Waals surface area contributed by atoms with Gasteiger partial charge in [-0.25, -0.2) is 4.39 Å². The van der Waals surface area contributed by atoms with Crippen LogP contribution in [0.1, 0.15) is 23.5 Å². The molecule has 0 saturated carbocycles. The molecule has 0 saturated heterocycles. The van der Waals surface area contributed by atoms with E-state index in [9.17, 15) is 9.18 Å². The Labute approximate surface area is 104 Å². The van der Waals surface area contributed by atoms with E-state index in [1.54, 1.807) is 0 Å². The number of hydrogen-bond donors (Lipinski definition) is 0. The highest BCUT2D eigenvalue weighted by Crippen LogP contribution is 2.38. The zero-order valence-corrected chi connectivity index (χ0v) is 9.60. The predicted octanol–water partition coefficient (Wildman–Crippen LogP) is 3.27. The van der Waals surface area contributed by atoms with Crippen molar-refractivity contribution in [1.82, 2.24) is 0 Å². The number of carbonyl (C=O) groups is 1. The molecule has 1 atom stereocenters. The average Bonchev–Trinajstić information content (AvgIpc) is 2.39. The lowest BCUT2D eigenvalue weighted by molar-refractivity contribution is -0.135. The van der Waals surface area contributed by atoms with Crippen molar-refractivity contribution in [2.75, 3.05) is 0 Å². The van der Waals surface area contributed by atoms with E-state index in [0.29, 0.717) is 5.75 Å². The lowest BCUT2D eigenvalue weighted by Crippen LogP contribution is -2.21. The third-order valence-electron chi connectivity index (χ3n) is 3.14. The fourth-order valence-electron chi connectivity index (χ4n) is 2.31. The van der Waals surface area contributed by atoms with Crippen LogP contribution in [-0.4, -0.2) is 5.97 Å². The molecule has 1 heterocycles. The number of rotatable bonds is 1. The molecule has 3 rings (SSSR count). The van der Waals surface area contributed by atoms with Gasteiger partial charge in [-0.3, -0.25) is 4.79 Å². The fraction of sp³-hybridized carbons (Fsp3) is 0.133. The molecule has 0 spiro atoms. The number of halogens is 1. The van der Waals surface area contributed by atoms with Gasteiger partial charge in [0.2, 0.25) is 0 Å². The van der Waals surface area contributed by atoms with Gasteiger partial charge in [0, 0.05) is 11.5 Å². The van der Waals surface area contributed by atoms with Gasteiger partial charge in [0.25, 0.3) is 0 Å². The van der Waals surface area contributed by atoms with E-state index >= 15 is 0 Å². The van der Waals surface area contributed by atoms with Crippen LogP contribution in [0.3, 0.4) is 0 Å². The van der Waals surface area contributed by atoms with E-state index in [2.05, 4.69) is 0 Å². The van der Waals surface area contributed by atoms with Gasteiger partial charge in [-0.2, -0.15) is 0 Å². The van der Waals surface area contributed by atoms with Crippen LogP contribution in [0.4, 0.5) is 4.39 Å². The molecule has 0 radical (unpaired) electrons. The highest BCUT2D eigenvalue weighted by molar-refractivity contribution is 5.77. The SMILES string of the molecule is O=C1CC(c2ccccc2)c2cc(F)ccc2O1. The van der Waals surface area contributed by atoms with Crippen LogP contribution in [0.15, 0.2) is 48.5 Å². The molecule has 0 aromatic heterocycles. The molecule has 3 heteroatoms. The van der Waals surface area contributed by atoms with Crippen molar-refractivity contribution < 1.29 is 13.9 Å². The second-order valence-corrected chi connectivity index (χ2v) is 4.32. The molecule has 1 aliphatic rings. The molecular formula is C15H11FO2. The number of carbonyl (C=O) groups excluding carboxylic acids is 1. The number of esters is 1. The van der Waals surface area contributed by atoms with E-state index in [1.165, 1.54) is 18.2 Å². The minimum atomic E-state index is -0.312. The normalized spacial score (nSPS) is 18.1. The molecule has 0 amide bonds. The zero-order valence-electron chi connectivity index (χ0n) is 9.60. The standard InChI is InChI=1S/C15H11FO2/c16-11-6-7-14-13(8-11)12(9-15(17)18-14)10-4-2-1-3-5-10/h1-8,12H,9H2. The summed E-state index contributed by atoms with van der Waals surface area (Å²) in [5.74, 6) is -0.254. The van der Waals surface area contributed by atoms with Gasteiger partial charge in [-0.15, -0.1) is 0 Å². The quantitative estimate of drug-likeness (QED) is 0.566. The van der Waals surface area contributed by atoms with Crippen molar-refractivity contribution in [2.45, 2.75) is 12.3 Å². The highest BCUT2D eigenvalue weighted by Gasteiger charge is 2.28. The monoisotopic (exact) mass is 242 g/mol. The van der Waals surface area contributed by atoms with Crippen molar-refractivity contribution in [1.29, 1.82) is 0 Å². The Bertz CT molecular complexity index is 593. The summed E-state index contributed by atoms with van der Waals surface area (Å²) in [4.78, 5) is 11.6. The summed E-state index contributed by atoms with van der Waals surface area (Å²) >= 11 is 0. The first-order valence-electron chi connectivity index (χ1n) is 5.79. The fourth-order valence-corrected chi connectivity index (χ4v) is 2.31. The average molecular weight is 242 g/mol. The van der Waals surface area contributed by atoms with Gasteiger partial charge in [0.15, 0.2) is 0 Å². The Morgan fingerprint density at radius 3 is 2.67 bits per heavy atom. The van der Waals surface area contributed by atoms with Gasteiger partial charge in [0.1, 0.15) is 11.6 Å². The Hall–Kier alpha value is -2.16. The van der Waals surface area contributed by atoms with Gasteiger partial charge in [-0.1, -0.05) is 30.3 Å². The van der Waals surface area contributed by atoms with Crippen LogP contribution >= 0.6 is 0 Å². The third-order valence-corrected chi connectivity index (χ3v) is 3.14. The van der Waals surface area contributed by atoms with Crippen LogP contribution in [0, 0.1) is 5.82 Å². The molecule has 2 aromatic carbocycles. The molecular weight excluding hydrogens is 231 g/mol. The van der Waals surface area contributed by atoms with Crippen LogP contribution in [-0.2, 0) is 4.79 Å². The van der Waals surface area contributed by atoms with E-state index in [-0.39, 0.29) is 24.1 Å². The first-order chi connectivity index (χ1) is 8.74. The van der Waals surface area contributed by atoms with E-state index in [4.69, 9.17) is 4.74 Å². The van der Waals surface area contributed by atoms with E-state index < -0.39 is 0 Å². The Balaban J connectivity index is 2.12. The topological polar surface area (TPSA) is 26.3 Å². The Kier molecular flexibility index (Phi) is 2.59. The maximum absolute atomic E-state index is 13.3. The number of hydrogen-bond acceptors (Lipinski definition) is 2. The minimum Gasteiger partial charge on any atom is -0.426 e. The summed E-state index contributed by atoms with van der Waals surface area (Å²) in [6.07, 6.45) is 0.250. The molecule has 0 bridgehead atoms. The summed E-state index contributed by atoms with van der Waals surface area (Å²) in [5, 5.41) is 0. The molecule has 0 fully saturated rings. The van der Waals surface area contributed by atoms with Gasteiger partial charge in [-0.05, 0) is 23.8 Å². The molecule has 2 aromatic rings. The maximum Gasteiger partial charge on any atom is 0.312 e. The maximum atomic E-state index is 13.3. The predicted molar refractivity (Wildman–Crippen MR) is 64.9 cm³/mol. The van der Waals surface area contributed by atoms with E-state index in [0.717, 1.165) is 11.1 Å². The van der Waals surface area contributed by atoms with Crippen LogP contribution in [0.2, 0.25) is 0 Å². The Morgan fingerprint density at radius 1 is 1.11 bits per heavy atom. The lowest BCUT2D eigenvalue weighted by Gasteiger charge is -2.24. The van der Waals surface area contributed by atoms with Crippen molar-refractivity contribution in [3.63, 3.8) is 0 Å². The highest BCUT2D eigenvalue weighted by atomic mass is 19.1. The summed E-state index contributed by atoms with van der Waals surface area (Å²) in [7, 11) is 0. The summed E-state index contributed by atoms with van der Waals surface area (Å²) < 4.78 is 18.5. The van der Waals surface area contributed by atoms with Gasteiger partial charge < -0.3 is 4.74 Å². The molecule has 1 aliphatic heterocycles. The molecule has 18 heavy (non-hydrogen) atoms. The molecule has 0 N–H and O–H groups in total. The number of ether oxygens (including phenoxy) is 1. The summed E-state index contributed by atoms with van der Waals surface area (Å²) in [6.45, 7) is 0. The minimum absolute atomic E-state index is 0.127. The first kappa shape index (κ1) is 11.0. The third kappa shape index (κ3) is 1.88. The first-order valence-corrected chi connectivity index (χ1v) is 5.79. The van der Waals surface area contributed by atoms with Crippen LogP contribution in [0.5, 0.6) is 5.75 Å². The van der Waals surface area contributed by atoms with Crippen molar-refractivity contribution >= 4 is 5.97 Å². The van der Waals surface area contributed by atoms with Crippen LogP contribution < -0.4 is 4.74 Å².